The van der Waals surface area contributed by atoms with Gasteiger partial charge in [-0.15, -0.1) is 5.53 Å². The number of hydrazine groups is 2. The Balaban J connectivity index is 1.28. The van der Waals surface area contributed by atoms with Gasteiger partial charge in [0.15, 0.2) is 5.60 Å². The van der Waals surface area contributed by atoms with Crippen molar-refractivity contribution in [2.75, 3.05) is 13.6 Å². The second-order valence-electron chi connectivity index (χ2n) is 9.93. The van der Waals surface area contributed by atoms with Gasteiger partial charge >= 0.3 is 5.92 Å². The lowest BCUT2D eigenvalue weighted by molar-refractivity contribution is -0.206. The van der Waals surface area contributed by atoms with Crippen LogP contribution in [0.5, 0.6) is 5.75 Å². The lowest BCUT2D eigenvalue weighted by Gasteiger charge is -2.38. The van der Waals surface area contributed by atoms with Gasteiger partial charge in [0.2, 0.25) is 0 Å². The zero-order chi connectivity index (χ0) is 32.0. The summed E-state index contributed by atoms with van der Waals surface area (Å²) in [7, 11) is 1.56. The summed E-state index contributed by atoms with van der Waals surface area (Å²) in [5.74, 6) is -0.294. The Hall–Kier alpha value is -5.45. The first-order valence-electron chi connectivity index (χ1n) is 13.5. The minimum Gasteiger partial charge on any atom is -0.489 e. The molecule has 9 nitrogen and oxygen atoms in total. The number of halogens is 4. The molecule has 1 aliphatic rings. The van der Waals surface area contributed by atoms with Crippen LogP contribution in [0.1, 0.15) is 38.3 Å². The quantitative estimate of drug-likeness (QED) is 0.166. The summed E-state index contributed by atoms with van der Waals surface area (Å²) in [5.41, 5.74) is 2.22. The Morgan fingerprint density at radius 3 is 2.33 bits per heavy atom. The van der Waals surface area contributed by atoms with Crippen LogP contribution in [0.3, 0.4) is 0 Å². The van der Waals surface area contributed by atoms with Crippen LogP contribution in [-0.4, -0.2) is 40.9 Å². The second-order valence-corrected chi connectivity index (χ2v) is 9.93. The molecule has 1 unspecified atom stereocenters. The van der Waals surface area contributed by atoms with Gasteiger partial charge in [0.1, 0.15) is 36.0 Å². The molecule has 0 fully saturated rings. The van der Waals surface area contributed by atoms with Crippen molar-refractivity contribution in [3.05, 3.63) is 130 Å². The number of hydrazone groups is 1. The van der Waals surface area contributed by atoms with Gasteiger partial charge in [-0.1, -0.05) is 24.0 Å². The van der Waals surface area contributed by atoms with E-state index in [4.69, 9.17) is 4.74 Å². The van der Waals surface area contributed by atoms with Crippen molar-refractivity contribution in [1.82, 2.24) is 26.4 Å². The fraction of sp³-hybridized carbons (Fsp3) is 0.156. The molecule has 3 aromatic carbocycles. The normalized spacial score (nSPS) is 13.8. The third kappa shape index (κ3) is 6.87. The van der Waals surface area contributed by atoms with Crippen LogP contribution < -0.4 is 21.1 Å². The molecule has 45 heavy (non-hydrogen) atoms. The first-order valence-corrected chi connectivity index (χ1v) is 13.5. The Bertz CT molecular complexity index is 1760. The van der Waals surface area contributed by atoms with Gasteiger partial charge in [-0.2, -0.15) is 13.9 Å². The molecule has 0 radical (unpaired) electrons. The molecule has 0 aliphatic carbocycles. The number of β-amino-alcohol motifs (C(OH)–C–C–N with tert-alkyl or cyclic N) is 1. The molecule has 1 amide bonds. The van der Waals surface area contributed by atoms with Gasteiger partial charge in [-0.05, 0) is 66.2 Å². The minimum absolute atomic E-state index is 0.172. The van der Waals surface area contributed by atoms with Gasteiger partial charge in [-0.25, -0.2) is 14.3 Å². The summed E-state index contributed by atoms with van der Waals surface area (Å²) in [6.45, 7) is -0.574. The molecule has 0 saturated heterocycles. The van der Waals surface area contributed by atoms with E-state index in [1.54, 1.807) is 55.6 Å². The number of carbonyl (C=O) groups is 1. The number of ether oxygens (including phenoxy) is 1. The topological polar surface area (TPSA) is 111 Å². The minimum atomic E-state index is -4.14. The van der Waals surface area contributed by atoms with Crippen LogP contribution in [0.25, 0.3) is 0 Å². The summed E-state index contributed by atoms with van der Waals surface area (Å²) in [5, 5.41) is 18.5. The predicted molar refractivity (Wildman–Crippen MR) is 156 cm³/mol. The highest BCUT2D eigenvalue weighted by Crippen LogP contribution is 2.46. The molecule has 0 saturated carbocycles. The monoisotopic (exact) mass is 618 g/mol. The number of nitrogens with zero attached hydrogens (tertiary/aromatic N) is 3. The molecule has 2 heterocycles. The SMILES string of the molecule is CNC(=O)c1ccc(COc2ccc(C#Cc3ccc(C(F)(F)C(O)(CN4C=NNN4)c4ccc(F)cc4F)nc3)cc2)cc1. The molecular weight excluding hydrogens is 592 g/mol. The second kappa shape index (κ2) is 13.0. The number of rotatable bonds is 9. The fourth-order valence-corrected chi connectivity index (χ4v) is 4.43. The number of hydrogen-bond donors (Lipinski definition) is 4. The van der Waals surface area contributed by atoms with Crippen LogP contribution in [0.2, 0.25) is 0 Å². The molecule has 1 atom stereocenters. The van der Waals surface area contributed by atoms with Crippen molar-refractivity contribution < 1.29 is 32.2 Å². The lowest BCUT2D eigenvalue weighted by atomic mass is 9.84. The first kappa shape index (κ1) is 31.0. The van der Waals surface area contributed by atoms with E-state index < -0.39 is 41.0 Å². The van der Waals surface area contributed by atoms with Crippen molar-refractivity contribution in [2.24, 2.45) is 5.10 Å². The molecule has 5 rings (SSSR count). The standard InChI is InChI=1S/C32H26F4N6O3/c1-37-30(43)24-9-4-23(5-10-24)18-45-26-12-6-21(7-13-26)2-3-22-8-15-29(38-17-22)32(35,36)31(44,19-42-20-39-40-41-42)27-14-11-25(33)16-28(27)34/h4-17,20,40-41,44H,18-19H2,1H3,(H,37,43). The first-order chi connectivity index (χ1) is 21.6. The van der Waals surface area contributed by atoms with Crippen molar-refractivity contribution in [1.29, 1.82) is 0 Å². The number of aliphatic hydroxyl groups is 1. The van der Waals surface area contributed by atoms with Gasteiger partial charge in [0, 0.05) is 41.6 Å². The van der Waals surface area contributed by atoms with Crippen molar-refractivity contribution in [3.8, 4) is 17.6 Å². The number of carbonyl (C=O) groups excluding carboxylic acids is 1. The summed E-state index contributed by atoms with van der Waals surface area (Å²) in [4.78, 5) is 15.5. The van der Waals surface area contributed by atoms with Crippen LogP contribution in [0.15, 0.2) is 90.2 Å². The maximum absolute atomic E-state index is 15.9. The Morgan fingerprint density at radius 1 is 1.00 bits per heavy atom. The van der Waals surface area contributed by atoms with Gasteiger partial charge in [0.25, 0.3) is 5.91 Å². The summed E-state index contributed by atoms with van der Waals surface area (Å²) in [6, 6.07) is 18.2. The van der Waals surface area contributed by atoms with Gasteiger partial charge < -0.3 is 15.2 Å². The van der Waals surface area contributed by atoms with E-state index in [1.807, 2.05) is 0 Å². The molecule has 4 aromatic rings. The van der Waals surface area contributed by atoms with Crippen LogP contribution in [0.4, 0.5) is 17.6 Å². The molecular formula is C32H26F4N6O3. The number of aromatic nitrogens is 1. The summed E-state index contributed by atoms with van der Waals surface area (Å²) >= 11 is 0. The number of nitrogens with one attached hydrogen (secondary N) is 3. The molecule has 0 spiro atoms. The fourth-order valence-electron chi connectivity index (χ4n) is 4.43. The Kier molecular flexibility index (Phi) is 8.98. The van der Waals surface area contributed by atoms with E-state index in [9.17, 15) is 18.7 Å². The average molecular weight is 619 g/mol. The molecule has 230 valence electrons. The highest BCUT2D eigenvalue weighted by molar-refractivity contribution is 5.93. The summed E-state index contributed by atoms with van der Waals surface area (Å²) in [6.07, 6.45) is 2.20. The Morgan fingerprint density at radius 2 is 1.71 bits per heavy atom. The zero-order valence-corrected chi connectivity index (χ0v) is 23.7. The van der Waals surface area contributed by atoms with Crippen molar-refractivity contribution >= 4 is 12.2 Å². The van der Waals surface area contributed by atoms with Gasteiger partial charge in [0.05, 0.1) is 6.54 Å². The molecule has 1 aromatic heterocycles. The highest BCUT2D eigenvalue weighted by Gasteiger charge is 2.58. The third-order valence-corrected chi connectivity index (χ3v) is 6.89. The van der Waals surface area contributed by atoms with E-state index >= 15 is 8.78 Å². The number of pyridine rings is 1. The Labute approximate surface area is 255 Å². The molecule has 0 bridgehead atoms. The maximum atomic E-state index is 15.9. The maximum Gasteiger partial charge on any atom is 0.323 e. The number of benzene rings is 3. The van der Waals surface area contributed by atoms with Crippen LogP contribution >= 0.6 is 0 Å². The van der Waals surface area contributed by atoms with E-state index in [-0.39, 0.29) is 5.91 Å². The smallest absolute Gasteiger partial charge is 0.323 e. The molecule has 13 heteroatoms. The number of amides is 1. The van der Waals surface area contributed by atoms with Crippen LogP contribution in [-0.2, 0) is 18.1 Å². The van der Waals surface area contributed by atoms with Crippen molar-refractivity contribution in [2.45, 2.75) is 18.1 Å². The lowest BCUT2D eigenvalue weighted by Crippen LogP contribution is -2.54. The number of hydrogen-bond acceptors (Lipinski definition) is 8. The van der Waals surface area contributed by atoms with E-state index in [1.165, 1.54) is 6.07 Å². The van der Waals surface area contributed by atoms with E-state index in [0.29, 0.717) is 35.1 Å². The van der Waals surface area contributed by atoms with Crippen molar-refractivity contribution in [3.63, 3.8) is 0 Å². The zero-order valence-electron chi connectivity index (χ0n) is 23.7. The molecule has 4 N–H and O–H groups in total. The summed E-state index contributed by atoms with van der Waals surface area (Å²) < 4.78 is 65.9. The van der Waals surface area contributed by atoms with E-state index in [0.717, 1.165) is 41.3 Å². The number of alkyl halides is 2. The highest BCUT2D eigenvalue weighted by atomic mass is 19.3. The van der Waals surface area contributed by atoms with E-state index in [2.05, 4.69) is 38.3 Å². The van der Waals surface area contributed by atoms with Gasteiger partial charge in [-0.3, -0.25) is 14.8 Å². The largest absolute Gasteiger partial charge is 0.489 e. The molecule has 1 aliphatic heterocycles. The average Bonchev–Trinajstić information content (AvgIpc) is 3.56. The predicted octanol–water partition coefficient (Wildman–Crippen LogP) is 3.95. The van der Waals surface area contributed by atoms with Crippen LogP contribution in [0, 0.1) is 23.5 Å². The third-order valence-electron chi connectivity index (χ3n) is 6.89.